The number of nitrogens with two attached hydrogens (primary N) is 1. The van der Waals surface area contributed by atoms with Crippen molar-refractivity contribution in [2.45, 2.75) is 6.42 Å². The fourth-order valence-corrected chi connectivity index (χ4v) is 4.50. The molecule has 5 rings (SSSR count). The quantitative estimate of drug-likeness (QED) is 0.497. The largest absolute Gasteiger partial charge is 0.382 e. The third-order valence-electron chi connectivity index (χ3n) is 6.48. The Morgan fingerprint density at radius 2 is 1.75 bits per heavy atom. The Bertz CT molecular complexity index is 1240. The van der Waals surface area contributed by atoms with Gasteiger partial charge in [0.2, 0.25) is 0 Å². The number of aromatic nitrogens is 3. The lowest BCUT2D eigenvalue weighted by atomic mass is 10.0. The molecular formula is C26H29N7O3. The van der Waals surface area contributed by atoms with Crippen molar-refractivity contribution in [1.29, 1.82) is 0 Å². The predicted octanol–water partition coefficient (Wildman–Crippen LogP) is 1.43. The van der Waals surface area contributed by atoms with Gasteiger partial charge in [0.05, 0.1) is 25.1 Å². The molecule has 0 aliphatic carbocycles. The molecule has 0 spiro atoms. The van der Waals surface area contributed by atoms with Crippen LogP contribution in [0.25, 0.3) is 11.3 Å². The van der Waals surface area contributed by atoms with Crippen LogP contribution in [0, 0.1) is 0 Å². The van der Waals surface area contributed by atoms with Crippen molar-refractivity contribution >= 4 is 23.2 Å². The number of ketones is 1. The molecule has 10 nitrogen and oxygen atoms in total. The number of carbonyl (C=O) groups is 2. The van der Waals surface area contributed by atoms with Gasteiger partial charge in [-0.15, -0.1) is 0 Å². The summed E-state index contributed by atoms with van der Waals surface area (Å²) in [5.74, 6) is -0.129. The Hall–Kier alpha value is -3.89. The predicted molar refractivity (Wildman–Crippen MR) is 136 cm³/mol. The number of nitrogens with zero attached hydrogens (tertiary/aromatic N) is 5. The number of nitrogen functional groups attached to an aromatic ring is 1. The molecule has 36 heavy (non-hydrogen) atoms. The number of nitrogens with one attached hydrogen (secondary N) is 1. The maximum Gasteiger partial charge on any atom is 0.253 e. The number of rotatable bonds is 6. The summed E-state index contributed by atoms with van der Waals surface area (Å²) in [5, 5.41) is 3.25. The van der Waals surface area contributed by atoms with Gasteiger partial charge in [-0.2, -0.15) is 0 Å². The molecule has 3 N–H and O–H groups in total. The maximum atomic E-state index is 13.3. The number of pyridine rings is 1. The summed E-state index contributed by atoms with van der Waals surface area (Å²) in [7, 11) is 0. The summed E-state index contributed by atoms with van der Waals surface area (Å²) >= 11 is 0. The molecule has 10 heteroatoms. The van der Waals surface area contributed by atoms with Crippen molar-refractivity contribution < 1.29 is 14.3 Å². The highest BCUT2D eigenvalue weighted by Gasteiger charge is 2.21. The molecule has 2 aliphatic heterocycles. The van der Waals surface area contributed by atoms with Crippen molar-refractivity contribution in [2.24, 2.45) is 0 Å². The lowest BCUT2D eigenvalue weighted by Crippen LogP contribution is -2.46. The number of piperazine rings is 1. The smallest absolute Gasteiger partial charge is 0.253 e. The topological polar surface area (TPSA) is 127 Å². The zero-order valence-corrected chi connectivity index (χ0v) is 20.0. The molecule has 0 unspecified atom stereocenters. The molecule has 3 aromatic rings. The molecule has 4 heterocycles. The van der Waals surface area contributed by atoms with E-state index in [2.05, 4.69) is 25.2 Å². The molecular weight excluding hydrogens is 458 g/mol. The van der Waals surface area contributed by atoms with Gasteiger partial charge in [0, 0.05) is 80.5 Å². The molecule has 0 atom stereocenters. The number of Topliss-reactive ketones (excluding diaryl/α,β-unsaturated/α-hetero) is 1. The van der Waals surface area contributed by atoms with Gasteiger partial charge >= 0.3 is 0 Å². The third kappa shape index (κ3) is 5.19. The zero-order chi connectivity index (χ0) is 24.9. The lowest BCUT2D eigenvalue weighted by molar-refractivity contribution is 0.0735. The van der Waals surface area contributed by atoms with E-state index in [0.717, 1.165) is 43.0 Å². The standard InChI is InChI=1S/C26H29N7O3/c27-25-24(23(34)15-20-16-29-6-5-22(20)32-11-13-36-14-12-32)31-21(17-30-25)18-1-3-19(4-2-18)26(35)33-9-7-28-8-10-33/h1-6,16-17,28H,7-15H2,(H2,27,30). The molecule has 186 valence electrons. The SMILES string of the molecule is Nc1ncc(-c2ccc(C(=O)N3CCNCC3)cc2)nc1C(=O)Cc1cnccc1N1CCOCC1. The monoisotopic (exact) mass is 487 g/mol. The van der Waals surface area contributed by atoms with Crippen LogP contribution in [0.5, 0.6) is 0 Å². The van der Waals surface area contributed by atoms with E-state index >= 15 is 0 Å². The number of benzene rings is 1. The van der Waals surface area contributed by atoms with Crippen LogP contribution in [0.1, 0.15) is 26.4 Å². The number of morpholine rings is 1. The van der Waals surface area contributed by atoms with Gasteiger partial charge in [0.25, 0.3) is 5.91 Å². The highest BCUT2D eigenvalue weighted by atomic mass is 16.5. The molecule has 2 aliphatic rings. The molecule has 0 radical (unpaired) electrons. The molecule has 2 aromatic heterocycles. The van der Waals surface area contributed by atoms with Crippen LogP contribution in [0.2, 0.25) is 0 Å². The van der Waals surface area contributed by atoms with E-state index in [1.807, 2.05) is 23.1 Å². The van der Waals surface area contributed by atoms with E-state index in [-0.39, 0.29) is 29.6 Å². The summed E-state index contributed by atoms with van der Waals surface area (Å²) in [6, 6.07) is 9.12. The Balaban J connectivity index is 1.34. The van der Waals surface area contributed by atoms with E-state index in [9.17, 15) is 9.59 Å². The molecule has 2 fully saturated rings. The van der Waals surface area contributed by atoms with Gasteiger partial charge in [0.15, 0.2) is 11.6 Å². The first kappa shape index (κ1) is 23.8. The van der Waals surface area contributed by atoms with Crippen molar-refractivity contribution in [2.75, 3.05) is 63.1 Å². The molecule has 1 aromatic carbocycles. The third-order valence-corrected chi connectivity index (χ3v) is 6.48. The van der Waals surface area contributed by atoms with Crippen LogP contribution in [-0.2, 0) is 11.2 Å². The summed E-state index contributed by atoms with van der Waals surface area (Å²) in [6.45, 7) is 5.81. The van der Waals surface area contributed by atoms with E-state index in [1.54, 1.807) is 30.7 Å². The minimum Gasteiger partial charge on any atom is -0.382 e. The highest BCUT2D eigenvalue weighted by Crippen LogP contribution is 2.24. The summed E-state index contributed by atoms with van der Waals surface area (Å²) in [6.07, 6.45) is 5.10. The van der Waals surface area contributed by atoms with E-state index in [4.69, 9.17) is 10.5 Å². The zero-order valence-electron chi connectivity index (χ0n) is 20.0. The number of hydrogen-bond acceptors (Lipinski definition) is 9. The van der Waals surface area contributed by atoms with Gasteiger partial charge in [-0.25, -0.2) is 9.97 Å². The minimum absolute atomic E-state index is 0.00912. The van der Waals surface area contributed by atoms with Crippen LogP contribution >= 0.6 is 0 Å². The van der Waals surface area contributed by atoms with Crippen LogP contribution in [0.4, 0.5) is 11.5 Å². The second-order valence-electron chi connectivity index (χ2n) is 8.81. The Morgan fingerprint density at radius 3 is 2.50 bits per heavy atom. The maximum absolute atomic E-state index is 13.3. The van der Waals surface area contributed by atoms with Crippen molar-refractivity contribution in [1.82, 2.24) is 25.2 Å². The van der Waals surface area contributed by atoms with Crippen LogP contribution < -0.4 is 16.0 Å². The van der Waals surface area contributed by atoms with Crippen molar-refractivity contribution in [3.05, 3.63) is 65.7 Å². The van der Waals surface area contributed by atoms with Crippen LogP contribution in [0.3, 0.4) is 0 Å². The Labute approximate surface area is 209 Å². The molecule has 0 saturated carbocycles. The normalized spacial score (nSPS) is 16.1. The average Bonchev–Trinajstić information content (AvgIpc) is 2.94. The van der Waals surface area contributed by atoms with Gasteiger partial charge in [-0.05, 0) is 18.2 Å². The van der Waals surface area contributed by atoms with Crippen LogP contribution in [0.15, 0.2) is 48.9 Å². The Morgan fingerprint density at radius 1 is 1.00 bits per heavy atom. The van der Waals surface area contributed by atoms with Crippen molar-refractivity contribution in [3.8, 4) is 11.3 Å². The highest BCUT2D eigenvalue weighted by molar-refractivity contribution is 6.00. The fourth-order valence-electron chi connectivity index (χ4n) is 4.50. The van der Waals surface area contributed by atoms with Crippen LogP contribution in [-0.4, -0.2) is 84.0 Å². The summed E-state index contributed by atoms with van der Waals surface area (Å²) in [4.78, 5) is 43.0. The lowest BCUT2D eigenvalue weighted by Gasteiger charge is -2.30. The van der Waals surface area contributed by atoms with E-state index in [0.29, 0.717) is 37.6 Å². The first-order valence-electron chi connectivity index (χ1n) is 12.1. The number of carbonyl (C=O) groups excluding carboxylic acids is 2. The molecule has 0 bridgehead atoms. The first-order valence-corrected chi connectivity index (χ1v) is 12.1. The number of anilines is 2. The Kier molecular flexibility index (Phi) is 7.15. The minimum atomic E-state index is -0.227. The van der Waals surface area contributed by atoms with E-state index in [1.165, 1.54) is 0 Å². The second-order valence-corrected chi connectivity index (χ2v) is 8.81. The molecule has 2 saturated heterocycles. The fraction of sp³-hybridized carbons (Fsp3) is 0.346. The summed E-state index contributed by atoms with van der Waals surface area (Å²) in [5.41, 5.74) is 9.86. The summed E-state index contributed by atoms with van der Waals surface area (Å²) < 4.78 is 5.45. The van der Waals surface area contributed by atoms with Gasteiger partial charge in [-0.3, -0.25) is 14.6 Å². The number of hydrogen-bond donors (Lipinski definition) is 2. The van der Waals surface area contributed by atoms with Crippen molar-refractivity contribution in [3.63, 3.8) is 0 Å². The van der Waals surface area contributed by atoms with Gasteiger partial charge in [0.1, 0.15) is 5.69 Å². The van der Waals surface area contributed by atoms with E-state index < -0.39 is 0 Å². The average molecular weight is 488 g/mol. The number of amides is 1. The first-order chi connectivity index (χ1) is 17.6. The van der Waals surface area contributed by atoms with Gasteiger partial charge < -0.3 is 25.6 Å². The second kappa shape index (κ2) is 10.8. The molecule has 1 amide bonds. The van der Waals surface area contributed by atoms with Gasteiger partial charge in [-0.1, -0.05) is 12.1 Å². The number of ether oxygens (including phenoxy) is 1.